The van der Waals surface area contributed by atoms with Crippen molar-refractivity contribution < 1.29 is 4.79 Å². The van der Waals surface area contributed by atoms with Crippen LogP contribution in [0.15, 0.2) is 67.3 Å². The Bertz CT molecular complexity index is 838. The summed E-state index contributed by atoms with van der Waals surface area (Å²) in [6.45, 7) is 4.15. The fourth-order valence-corrected chi connectivity index (χ4v) is 3.22. The molecule has 3 aromatic rings. The first-order chi connectivity index (χ1) is 12.8. The number of hydrogen-bond donors (Lipinski definition) is 0. The van der Waals surface area contributed by atoms with Crippen LogP contribution in [-0.4, -0.2) is 56.7 Å². The van der Waals surface area contributed by atoms with Gasteiger partial charge in [-0.05, 0) is 42.0 Å². The van der Waals surface area contributed by atoms with Crippen molar-refractivity contribution in [1.82, 2.24) is 24.6 Å². The van der Waals surface area contributed by atoms with Crippen LogP contribution in [0.4, 0.5) is 0 Å². The molecule has 132 valence electrons. The molecule has 0 radical (unpaired) electrons. The van der Waals surface area contributed by atoms with Gasteiger partial charge in [-0.1, -0.05) is 6.07 Å². The minimum atomic E-state index is 0.0954. The molecule has 0 spiro atoms. The molecule has 0 aliphatic carbocycles. The first kappa shape index (κ1) is 16.5. The molecule has 26 heavy (non-hydrogen) atoms. The lowest BCUT2D eigenvalue weighted by atomic mass is 10.1. The van der Waals surface area contributed by atoms with Gasteiger partial charge in [-0.3, -0.25) is 14.7 Å². The first-order valence-corrected chi connectivity index (χ1v) is 8.80. The zero-order chi connectivity index (χ0) is 17.8. The van der Waals surface area contributed by atoms with Crippen LogP contribution in [-0.2, 0) is 6.54 Å². The average molecular weight is 347 g/mol. The van der Waals surface area contributed by atoms with E-state index in [4.69, 9.17) is 0 Å². The minimum Gasteiger partial charge on any atom is -0.336 e. The van der Waals surface area contributed by atoms with Gasteiger partial charge in [0.25, 0.3) is 5.91 Å². The van der Waals surface area contributed by atoms with E-state index < -0.39 is 0 Å². The normalized spacial score (nSPS) is 15.2. The molecular weight excluding hydrogens is 326 g/mol. The van der Waals surface area contributed by atoms with Crippen LogP contribution in [0.5, 0.6) is 0 Å². The molecule has 1 amide bonds. The summed E-state index contributed by atoms with van der Waals surface area (Å²) < 4.78 is 1.78. The third-order valence-corrected chi connectivity index (χ3v) is 4.67. The number of carbonyl (C=O) groups excluding carboxylic acids is 1. The summed E-state index contributed by atoms with van der Waals surface area (Å²) in [4.78, 5) is 21.2. The second kappa shape index (κ2) is 7.49. The van der Waals surface area contributed by atoms with Gasteiger partial charge in [0.15, 0.2) is 0 Å². The third-order valence-electron chi connectivity index (χ3n) is 4.67. The second-order valence-electron chi connectivity index (χ2n) is 6.43. The number of rotatable bonds is 4. The Balaban J connectivity index is 1.34. The molecule has 1 aromatic carbocycles. The Morgan fingerprint density at radius 2 is 1.77 bits per heavy atom. The van der Waals surface area contributed by atoms with Gasteiger partial charge >= 0.3 is 0 Å². The molecule has 0 unspecified atom stereocenters. The summed E-state index contributed by atoms with van der Waals surface area (Å²) in [5, 5.41) is 4.20. The fourth-order valence-electron chi connectivity index (χ4n) is 3.22. The molecule has 1 saturated heterocycles. The SMILES string of the molecule is O=C(c1ccc(-n2cccn2)cc1)N1CCN(Cc2cccnc2)CC1. The topological polar surface area (TPSA) is 54.3 Å². The number of pyridine rings is 1. The molecule has 1 aliphatic rings. The number of nitrogens with zero attached hydrogens (tertiary/aromatic N) is 5. The standard InChI is InChI=1S/C20H21N5O/c26-20(18-4-6-19(7-5-18)25-10-2-9-22-25)24-13-11-23(12-14-24)16-17-3-1-8-21-15-17/h1-10,15H,11-14,16H2. The molecule has 1 fully saturated rings. The van der Waals surface area contributed by atoms with Crippen molar-refractivity contribution in [3.63, 3.8) is 0 Å². The van der Waals surface area contributed by atoms with Gasteiger partial charge in [0, 0.05) is 63.1 Å². The van der Waals surface area contributed by atoms with Crippen molar-refractivity contribution in [3.8, 4) is 5.69 Å². The highest BCUT2D eigenvalue weighted by molar-refractivity contribution is 5.94. The van der Waals surface area contributed by atoms with Crippen LogP contribution < -0.4 is 0 Å². The summed E-state index contributed by atoms with van der Waals surface area (Å²) in [5.74, 6) is 0.0954. The zero-order valence-corrected chi connectivity index (χ0v) is 14.5. The fraction of sp³-hybridized carbons (Fsp3) is 0.250. The van der Waals surface area contributed by atoms with Gasteiger partial charge in [-0.15, -0.1) is 0 Å². The van der Waals surface area contributed by atoms with E-state index in [2.05, 4.69) is 21.0 Å². The monoisotopic (exact) mass is 347 g/mol. The van der Waals surface area contributed by atoms with Gasteiger partial charge in [0.2, 0.25) is 0 Å². The molecule has 0 atom stereocenters. The summed E-state index contributed by atoms with van der Waals surface area (Å²) in [6.07, 6.45) is 7.32. The molecule has 0 bridgehead atoms. The van der Waals surface area contributed by atoms with E-state index in [1.807, 2.05) is 53.7 Å². The van der Waals surface area contributed by atoms with Crippen molar-refractivity contribution in [2.75, 3.05) is 26.2 Å². The Hall–Kier alpha value is -2.99. The van der Waals surface area contributed by atoms with Crippen molar-refractivity contribution in [1.29, 1.82) is 0 Å². The Labute approximate surface area is 152 Å². The molecule has 0 N–H and O–H groups in total. The molecule has 4 rings (SSSR count). The van der Waals surface area contributed by atoms with Crippen LogP contribution in [0.1, 0.15) is 15.9 Å². The predicted octanol–water partition coefficient (Wildman–Crippen LogP) is 2.23. The number of carbonyl (C=O) groups is 1. The summed E-state index contributed by atoms with van der Waals surface area (Å²) in [5.41, 5.74) is 2.89. The maximum absolute atomic E-state index is 12.7. The predicted molar refractivity (Wildman–Crippen MR) is 99.0 cm³/mol. The van der Waals surface area contributed by atoms with E-state index in [1.165, 1.54) is 5.56 Å². The van der Waals surface area contributed by atoms with Crippen LogP contribution in [0.3, 0.4) is 0 Å². The molecule has 2 aromatic heterocycles. The van der Waals surface area contributed by atoms with E-state index in [0.717, 1.165) is 44.0 Å². The minimum absolute atomic E-state index is 0.0954. The lowest BCUT2D eigenvalue weighted by Crippen LogP contribution is -2.48. The van der Waals surface area contributed by atoms with E-state index in [0.29, 0.717) is 0 Å². The molecule has 3 heterocycles. The van der Waals surface area contributed by atoms with E-state index in [-0.39, 0.29) is 5.91 Å². The quantitative estimate of drug-likeness (QED) is 0.726. The van der Waals surface area contributed by atoms with Crippen molar-refractivity contribution >= 4 is 5.91 Å². The maximum Gasteiger partial charge on any atom is 0.253 e. The molecular formula is C20H21N5O. The average Bonchev–Trinajstić information content (AvgIpc) is 3.24. The molecule has 0 saturated carbocycles. The van der Waals surface area contributed by atoms with Crippen LogP contribution >= 0.6 is 0 Å². The smallest absolute Gasteiger partial charge is 0.253 e. The highest BCUT2D eigenvalue weighted by Crippen LogP contribution is 2.13. The third kappa shape index (κ3) is 3.65. The van der Waals surface area contributed by atoms with Gasteiger partial charge < -0.3 is 4.90 Å². The highest BCUT2D eigenvalue weighted by atomic mass is 16.2. The largest absolute Gasteiger partial charge is 0.336 e. The molecule has 6 heteroatoms. The van der Waals surface area contributed by atoms with E-state index in [9.17, 15) is 4.79 Å². The van der Waals surface area contributed by atoms with Crippen LogP contribution in [0.2, 0.25) is 0 Å². The lowest BCUT2D eigenvalue weighted by Gasteiger charge is -2.34. The first-order valence-electron chi connectivity index (χ1n) is 8.80. The van der Waals surface area contributed by atoms with Gasteiger partial charge in [-0.25, -0.2) is 4.68 Å². The van der Waals surface area contributed by atoms with Gasteiger partial charge in [0.1, 0.15) is 0 Å². The Morgan fingerprint density at radius 3 is 2.42 bits per heavy atom. The molecule has 1 aliphatic heterocycles. The summed E-state index contributed by atoms with van der Waals surface area (Å²) >= 11 is 0. The van der Waals surface area contributed by atoms with Crippen molar-refractivity contribution in [2.24, 2.45) is 0 Å². The number of amides is 1. The van der Waals surface area contributed by atoms with Gasteiger partial charge in [0.05, 0.1) is 5.69 Å². The van der Waals surface area contributed by atoms with E-state index in [1.54, 1.807) is 17.1 Å². The summed E-state index contributed by atoms with van der Waals surface area (Å²) in [7, 11) is 0. The Kier molecular flexibility index (Phi) is 4.75. The highest BCUT2D eigenvalue weighted by Gasteiger charge is 2.22. The zero-order valence-electron chi connectivity index (χ0n) is 14.5. The lowest BCUT2D eigenvalue weighted by molar-refractivity contribution is 0.0628. The second-order valence-corrected chi connectivity index (χ2v) is 6.43. The number of aromatic nitrogens is 3. The van der Waals surface area contributed by atoms with E-state index >= 15 is 0 Å². The number of piperazine rings is 1. The molecule has 6 nitrogen and oxygen atoms in total. The maximum atomic E-state index is 12.7. The van der Waals surface area contributed by atoms with Crippen molar-refractivity contribution in [3.05, 3.63) is 78.4 Å². The Morgan fingerprint density at radius 1 is 0.962 bits per heavy atom. The number of hydrogen-bond acceptors (Lipinski definition) is 4. The van der Waals surface area contributed by atoms with Gasteiger partial charge in [-0.2, -0.15) is 5.10 Å². The number of benzene rings is 1. The van der Waals surface area contributed by atoms with Crippen LogP contribution in [0.25, 0.3) is 5.69 Å². The van der Waals surface area contributed by atoms with Crippen LogP contribution in [0, 0.1) is 0 Å². The van der Waals surface area contributed by atoms with Crippen molar-refractivity contribution in [2.45, 2.75) is 6.54 Å². The summed E-state index contributed by atoms with van der Waals surface area (Å²) in [6, 6.07) is 13.5.